The second kappa shape index (κ2) is 4.68. The molecule has 1 aromatic carbocycles. The van der Waals surface area contributed by atoms with Crippen LogP contribution in [0, 0.1) is 6.92 Å². The van der Waals surface area contributed by atoms with Crippen LogP contribution in [0.15, 0.2) is 40.6 Å². The maximum absolute atomic E-state index is 11.9. The molecule has 0 radical (unpaired) electrons. The molecule has 0 bridgehead atoms. The van der Waals surface area contributed by atoms with Crippen molar-refractivity contribution < 1.29 is 12.6 Å². The van der Waals surface area contributed by atoms with Crippen LogP contribution in [0.25, 0.3) is 0 Å². The number of halogens is 1. The van der Waals surface area contributed by atoms with Gasteiger partial charge in [-0.05, 0) is 36.8 Å². The van der Waals surface area contributed by atoms with Crippen molar-refractivity contribution in [3.63, 3.8) is 0 Å². The highest BCUT2D eigenvalue weighted by molar-refractivity contribution is 7.89. The van der Waals surface area contributed by atoms with Crippen LogP contribution >= 0.6 is 22.9 Å². The van der Waals surface area contributed by atoms with Gasteiger partial charge < -0.3 is 4.18 Å². The normalized spacial score (nSPS) is 11.4. The molecule has 2 aromatic rings. The number of aryl methyl sites for hydroxylation is 1. The third-order valence-electron chi connectivity index (χ3n) is 1.99. The first-order chi connectivity index (χ1) is 7.97. The average Bonchev–Trinajstić information content (AvgIpc) is 2.65. The van der Waals surface area contributed by atoms with Gasteiger partial charge >= 0.3 is 10.1 Å². The Morgan fingerprint density at radius 3 is 2.59 bits per heavy atom. The van der Waals surface area contributed by atoms with Gasteiger partial charge in [0.2, 0.25) is 0 Å². The Hall–Kier alpha value is -1.04. The predicted molar refractivity (Wildman–Crippen MR) is 68.3 cm³/mol. The molecule has 0 saturated carbocycles. The van der Waals surface area contributed by atoms with E-state index < -0.39 is 10.1 Å². The Morgan fingerprint density at radius 2 is 2.00 bits per heavy atom. The van der Waals surface area contributed by atoms with Gasteiger partial charge in [0.1, 0.15) is 5.75 Å². The van der Waals surface area contributed by atoms with Crippen molar-refractivity contribution in [2.45, 2.75) is 11.1 Å². The van der Waals surface area contributed by atoms with E-state index in [1.807, 2.05) is 13.0 Å². The maximum Gasteiger partial charge on any atom is 0.348 e. The second-order valence-corrected chi connectivity index (χ2v) is 6.90. The van der Waals surface area contributed by atoms with E-state index >= 15 is 0 Å². The molecular weight excluding hydrogens is 280 g/mol. The number of benzene rings is 1. The zero-order valence-corrected chi connectivity index (χ0v) is 11.3. The lowest BCUT2D eigenvalue weighted by atomic mass is 10.2. The molecule has 3 nitrogen and oxygen atoms in total. The lowest BCUT2D eigenvalue weighted by Gasteiger charge is -2.05. The number of rotatable bonds is 3. The standard InChI is InChI=1S/C11H9ClO3S2/c1-8-3-2-4-9(7-8)15-17(13,14)11-6-5-10(12)16-11/h2-7H,1H3. The van der Waals surface area contributed by atoms with Gasteiger partial charge in [-0.15, -0.1) is 11.3 Å². The zero-order valence-electron chi connectivity index (χ0n) is 8.88. The molecule has 0 fully saturated rings. The molecule has 1 heterocycles. The molecule has 0 saturated heterocycles. The van der Waals surface area contributed by atoms with Crippen molar-refractivity contribution >= 4 is 33.1 Å². The van der Waals surface area contributed by atoms with Gasteiger partial charge in [-0.2, -0.15) is 8.42 Å². The summed E-state index contributed by atoms with van der Waals surface area (Å²) < 4.78 is 29.2. The van der Waals surface area contributed by atoms with Crippen LogP contribution in [0.5, 0.6) is 5.75 Å². The molecule has 90 valence electrons. The van der Waals surface area contributed by atoms with Crippen LogP contribution in [-0.4, -0.2) is 8.42 Å². The lowest BCUT2D eigenvalue weighted by molar-refractivity contribution is 0.488. The molecule has 17 heavy (non-hydrogen) atoms. The Bertz CT molecular complexity index is 632. The minimum atomic E-state index is -3.78. The minimum absolute atomic E-state index is 0.101. The highest BCUT2D eigenvalue weighted by Gasteiger charge is 2.18. The molecule has 0 N–H and O–H groups in total. The highest BCUT2D eigenvalue weighted by Crippen LogP contribution is 2.28. The topological polar surface area (TPSA) is 43.4 Å². The van der Waals surface area contributed by atoms with Crippen LogP contribution in [-0.2, 0) is 10.1 Å². The maximum atomic E-state index is 11.9. The van der Waals surface area contributed by atoms with E-state index in [-0.39, 0.29) is 4.21 Å². The summed E-state index contributed by atoms with van der Waals surface area (Å²) in [4.78, 5) is 0. The van der Waals surface area contributed by atoms with Gasteiger partial charge in [0, 0.05) is 0 Å². The van der Waals surface area contributed by atoms with Crippen molar-refractivity contribution in [3.05, 3.63) is 46.3 Å². The van der Waals surface area contributed by atoms with Crippen molar-refractivity contribution in [1.82, 2.24) is 0 Å². The molecule has 2 rings (SSSR count). The van der Waals surface area contributed by atoms with Gasteiger partial charge in [-0.3, -0.25) is 0 Å². The molecule has 0 aliphatic heterocycles. The van der Waals surface area contributed by atoms with Gasteiger partial charge in [-0.1, -0.05) is 23.7 Å². The van der Waals surface area contributed by atoms with Gasteiger partial charge in [0.25, 0.3) is 0 Å². The molecular formula is C11H9ClO3S2. The lowest BCUT2D eigenvalue weighted by Crippen LogP contribution is -2.07. The average molecular weight is 289 g/mol. The zero-order chi connectivity index (χ0) is 12.5. The molecule has 0 atom stereocenters. The van der Waals surface area contributed by atoms with Gasteiger partial charge in [-0.25, -0.2) is 0 Å². The van der Waals surface area contributed by atoms with Gasteiger partial charge in [0.15, 0.2) is 4.21 Å². The van der Waals surface area contributed by atoms with E-state index in [1.165, 1.54) is 12.1 Å². The van der Waals surface area contributed by atoms with E-state index in [1.54, 1.807) is 18.2 Å². The monoisotopic (exact) mass is 288 g/mol. The summed E-state index contributed by atoms with van der Waals surface area (Å²) in [5, 5.41) is 0. The molecule has 0 amide bonds. The van der Waals surface area contributed by atoms with E-state index in [0.717, 1.165) is 16.9 Å². The Kier molecular flexibility index (Phi) is 3.42. The summed E-state index contributed by atoms with van der Waals surface area (Å²) in [5.74, 6) is 0.300. The van der Waals surface area contributed by atoms with Crippen molar-refractivity contribution in [1.29, 1.82) is 0 Å². The van der Waals surface area contributed by atoms with E-state index in [2.05, 4.69) is 0 Å². The molecule has 6 heteroatoms. The van der Waals surface area contributed by atoms with Crippen LogP contribution < -0.4 is 4.18 Å². The Morgan fingerprint density at radius 1 is 1.24 bits per heavy atom. The second-order valence-electron chi connectivity index (χ2n) is 3.41. The van der Waals surface area contributed by atoms with Crippen molar-refractivity contribution in [2.24, 2.45) is 0 Å². The summed E-state index contributed by atoms with van der Waals surface area (Å²) in [6.45, 7) is 1.86. The van der Waals surface area contributed by atoms with E-state index in [4.69, 9.17) is 15.8 Å². The molecule has 0 aliphatic carbocycles. The first kappa shape index (κ1) is 12.4. The van der Waals surface area contributed by atoms with E-state index in [9.17, 15) is 8.42 Å². The third kappa shape index (κ3) is 3.00. The molecule has 0 unspecified atom stereocenters. The van der Waals surface area contributed by atoms with Crippen LogP contribution in [0.2, 0.25) is 4.34 Å². The first-order valence-electron chi connectivity index (χ1n) is 4.74. The first-order valence-corrected chi connectivity index (χ1v) is 7.34. The Labute approximate surface area is 109 Å². The summed E-state index contributed by atoms with van der Waals surface area (Å²) in [6.07, 6.45) is 0. The number of thiophene rings is 1. The summed E-state index contributed by atoms with van der Waals surface area (Å²) >= 11 is 6.66. The quantitative estimate of drug-likeness (QED) is 0.812. The van der Waals surface area contributed by atoms with Crippen LogP contribution in [0.3, 0.4) is 0 Å². The van der Waals surface area contributed by atoms with Crippen molar-refractivity contribution in [2.75, 3.05) is 0 Å². The van der Waals surface area contributed by atoms with Crippen LogP contribution in [0.4, 0.5) is 0 Å². The minimum Gasteiger partial charge on any atom is -0.378 e. The fourth-order valence-corrected chi connectivity index (χ4v) is 3.63. The Balaban J connectivity index is 2.29. The van der Waals surface area contributed by atoms with Crippen molar-refractivity contribution in [3.8, 4) is 5.75 Å². The summed E-state index contributed by atoms with van der Waals surface area (Å²) in [5.41, 5.74) is 0.932. The molecule has 0 aliphatic rings. The third-order valence-corrected chi connectivity index (χ3v) is 4.92. The fourth-order valence-electron chi connectivity index (χ4n) is 1.27. The number of hydrogen-bond donors (Lipinski definition) is 0. The van der Waals surface area contributed by atoms with Crippen LogP contribution in [0.1, 0.15) is 5.56 Å². The molecule has 0 spiro atoms. The predicted octanol–water partition coefficient (Wildman–Crippen LogP) is 3.48. The summed E-state index contributed by atoms with van der Waals surface area (Å²) in [6, 6.07) is 9.81. The molecule has 1 aromatic heterocycles. The SMILES string of the molecule is Cc1cccc(OS(=O)(=O)c2ccc(Cl)s2)c1. The fraction of sp³-hybridized carbons (Fsp3) is 0.0909. The smallest absolute Gasteiger partial charge is 0.348 e. The largest absolute Gasteiger partial charge is 0.378 e. The highest BCUT2D eigenvalue weighted by atomic mass is 35.5. The van der Waals surface area contributed by atoms with Gasteiger partial charge in [0.05, 0.1) is 4.34 Å². The summed E-state index contributed by atoms with van der Waals surface area (Å²) in [7, 11) is -3.78. The van der Waals surface area contributed by atoms with E-state index in [0.29, 0.717) is 10.1 Å². The number of hydrogen-bond acceptors (Lipinski definition) is 4.